The third kappa shape index (κ3) is 7.28. The Morgan fingerprint density at radius 2 is 2.33 bits per heavy atom. The third-order valence-electron chi connectivity index (χ3n) is 1.49. The van der Waals surface area contributed by atoms with Gasteiger partial charge in [-0.2, -0.15) is 0 Å². The second-order valence-electron chi connectivity index (χ2n) is 2.59. The van der Waals surface area contributed by atoms with E-state index < -0.39 is 0 Å². The van der Waals surface area contributed by atoms with Crippen LogP contribution in [0, 0.1) is 0 Å². The molecule has 0 radical (unpaired) electrons. The predicted molar refractivity (Wildman–Crippen MR) is 47.7 cm³/mol. The molecule has 0 saturated heterocycles. The summed E-state index contributed by atoms with van der Waals surface area (Å²) in [5.41, 5.74) is 0. The molecule has 0 rings (SSSR count). The van der Waals surface area contributed by atoms with Gasteiger partial charge in [0.05, 0.1) is 6.54 Å². The maximum Gasteiger partial charge on any atom is 0.330 e. The normalized spacial score (nSPS) is 9.42. The molecule has 3 nitrogen and oxygen atoms in total. The van der Waals surface area contributed by atoms with Crippen LogP contribution in [0.5, 0.6) is 0 Å². The predicted octanol–water partition coefficient (Wildman–Crippen LogP) is 0.0791. The number of quaternary nitrogens is 1. The lowest BCUT2D eigenvalue weighted by atomic mass is 10.3. The highest BCUT2D eigenvalue weighted by atomic mass is 16.5. The lowest BCUT2D eigenvalue weighted by molar-refractivity contribution is -0.656. The molecule has 12 heavy (non-hydrogen) atoms. The quantitative estimate of drug-likeness (QED) is 0.336. The van der Waals surface area contributed by atoms with Gasteiger partial charge in [0, 0.05) is 6.08 Å². The first-order chi connectivity index (χ1) is 5.81. The standard InChI is InChI=1S/C9H17NO2/c1-3-5-6-10-7-8-12-9(11)4-2/h4,10H,2-3,5-8H2,1H3/p+1. The average molecular weight is 172 g/mol. The van der Waals surface area contributed by atoms with E-state index in [-0.39, 0.29) is 5.97 Å². The Bertz CT molecular complexity index is 134. The van der Waals surface area contributed by atoms with E-state index in [9.17, 15) is 4.79 Å². The second-order valence-corrected chi connectivity index (χ2v) is 2.59. The lowest BCUT2D eigenvalue weighted by Crippen LogP contribution is -2.85. The summed E-state index contributed by atoms with van der Waals surface area (Å²) in [7, 11) is 0. The SMILES string of the molecule is C=CC(=O)OCC[NH2+]CCCC. The highest BCUT2D eigenvalue weighted by Gasteiger charge is 1.95. The highest BCUT2D eigenvalue weighted by molar-refractivity contribution is 5.81. The fraction of sp³-hybridized carbons (Fsp3) is 0.667. The smallest absolute Gasteiger partial charge is 0.330 e. The lowest BCUT2D eigenvalue weighted by Gasteiger charge is -2.00. The van der Waals surface area contributed by atoms with Crippen LogP contribution in [-0.2, 0) is 9.53 Å². The molecule has 0 aliphatic carbocycles. The van der Waals surface area contributed by atoms with Crippen molar-refractivity contribution >= 4 is 5.97 Å². The molecule has 0 saturated carbocycles. The zero-order valence-electron chi connectivity index (χ0n) is 7.71. The van der Waals surface area contributed by atoms with E-state index in [0.29, 0.717) is 6.61 Å². The van der Waals surface area contributed by atoms with E-state index >= 15 is 0 Å². The number of carbonyl (C=O) groups excluding carboxylic acids is 1. The number of esters is 1. The molecule has 0 aliphatic heterocycles. The van der Waals surface area contributed by atoms with Crippen LogP contribution in [0.1, 0.15) is 19.8 Å². The van der Waals surface area contributed by atoms with E-state index in [0.717, 1.165) is 13.1 Å². The molecule has 3 heteroatoms. The summed E-state index contributed by atoms with van der Waals surface area (Å²) >= 11 is 0. The van der Waals surface area contributed by atoms with Crippen molar-refractivity contribution in [1.82, 2.24) is 0 Å². The fourth-order valence-electron chi connectivity index (χ4n) is 0.795. The molecule has 0 aromatic carbocycles. The van der Waals surface area contributed by atoms with Crippen molar-refractivity contribution in [2.24, 2.45) is 0 Å². The molecule has 70 valence electrons. The molecular formula is C9H18NO2+. The van der Waals surface area contributed by atoms with Crippen molar-refractivity contribution in [3.63, 3.8) is 0 Å². The first kappa shape index (κ1) is 11.2. The zero-order chi connectivity index (χ0) is 9.23. The Labute approximate surface area is 73.8 Å². The van der Waals surface area contributed by atoms with Gasteiger partial charge in [-0.3, -0.25) is 0 Å². The monoisotopic (exact) mass is 172 g/mol. The topological polar surface area (TPSA) is 42.9 Å². The van der Waals surface area contributed by atoms with Gasteiger partial charge in [-0.15, -0.1) is 0 Å². The second kappa shape index (κ2) is 8.27. The first-order valence-electron chi connectivity index (χ1n) is 4.42. The molecule has 0 bridgehead atoms. The number of hydrogen-bond donors (Lipinski definition) is 1. The van der Waals surface area contributed by atoms with Gasteiger partial charge < -0.3 is 10.1 Å². The van der Waals surface area contributed by atoms with Crippen molar-refractivity contribution < 1.29 is 14.8 Å². The van der Waals surface area contributed by atoms with E-state index in [1.54, 1.807) is 0 Å². The van der Waals surface area contributed by atoms with Gasteiger partial charge >= 0.3 is 5.97 Å². The molecule has 0 aromatic rings. The minimum Gasteiger partial charge on any atom is -0.457 e. The molecular weight excluding hydrogens is 154 g/mol. The number of carbonyl (C=O) groups is 1. The summed E-state index contributed by atoms with van der Waals surface area (Å²) in [6.45, 7) is 7.90. The molecule has 0 amide bonds. The molecule has 0 fully saturated rings. The number of ether oxygens (including phenoxy) is 1. The molecule has 2 N–H and O–H groups in total. The molecule has 0 aliphatic rings. The Hall–Kier alpha value is -0.830. The number of unbranched alkanes of at least 4 members (excludes halogenated alkanes) is 1. The number of hydrogen-bond acceptors (Lipinski definition) is 2. The molecule has 0 heterocycles. The first-order valence-corrected chi connectivity index (χ1v) is 4.42. The van der Waals surface area contributed by atoms with Crippen molar-refractivity contribution in [2.75, 3.05) is 19.7 Å². The Morgan fingerprint density at radius 3 is 2.92 bits per heavy atom. The van der Waals surface area contributed by atoms with Crippen LogP contribution in [0.3, 0.4) is 0 Å². The van der Waals surface area contributed by atoms with E-state index in [4.69, 9.17) is 4.74 Å². The van der Waals surface area contributed by atoms with Crippen molar-refractivity contribution in [3.05, 3.63) is 12.7 Å². The largest absolute Gasteiger partial charge is 0.457 e. The Morgan fingerprint density at radius 1 is 1.58 bits per heavy atom. The van der Waals surface area contributed by atoms with E-state index in [1.165, 1.54) is 18.9 Å². The van der Waals surface area contributed by atoms with Gasteiger partial charge in [0.25, 0.3) is 0 Å². The van der Waals surface area contributed by atoms with Crippen LogP contribution in [0.15, 0.2) is 12.7 Å². The van der Waals surface area contributed by atoms with Crippen molar-refractivity contribution in [1.29, 1.82) is 0 Å². The summed E-state index contributed by atoms with van der Waals surface area (Å²) in [4.78, 5) is 10.5. The Kier molecular flexibility index (Phi) is 7.70. The summed E-state index contributed by atoms with van der Waals surface area (Å²) in [5, 5.41) is 2.15. The van der Waals surface area contributed by atoms with Gasteiger partial charge in [-0.05, 0) is 6.42 Å². The average Bonchev–Trinajstić information content (AvgIpc) is 2.10. The molecule has 0 spiro atoms. The summed E-state index contributed by atoms with van der Waals surface area (Å²) < 4.78 is 4.78. The number of rotatable bonds is 7. The molecule has 0 unspecified atom stereocenters. The van der Waals surface area contributed by atoms with Gasteiger partial charge in [0.1, 0.15) is 13.2 Å². The Balaban J connectivity index is 3.00. The minimum atomic E-state index is -0.334. The highest BCUT2D eigenvalue weighted by Crippen LogP contribution is 1.78. The van der Waals surface area contributed by atoms with Crippen molar-refractivity contribution in [2.45, 2.75) is 19.8 Å². The fourth-order valence-corrected chi connectivity index (χ4v) is 0.795. The minimum absolute atomic E-state index is 0.334. The maximum absolute atomic E-state index is 10.5. The van der Waals surface area contributed by atoms with Gasteiger partial charge in [-0.1, -0.05) is 19.9 Å². The third-order valence-corrected chi connectivity index (χ3v) is 1.49. The van der Waals surface area contributed by atoms with Crippen LogP contribution in [0.4, 0.5) is 0 Å². The van der Waals surface area contributed by atoms with Crippen LogP contribution in [0.2, 0.25) is 0 Å². The van der Waals surface area contributed by atoms with Gasteiger partial charge in [-0.25, -0.2) is 4.79 Å². The van der Waals surface area contributed by atoms with Crippen LogP contribution in [0.25, 0.3) is 0 Å². The molecule has 0 atom stereocenters. The van der Waals surface area contributed by atoms with E-state index in [2.05, 4.69) is 18.8 Å². The van der Waals surface area contributed by atoms with Crippen LogP contribution < -0.4 is 5.32 Å². The number of nitrogens with two attached hydrogens (primary N) is 1. The summed E-state index contributed by atoms with van der Waals surface area (Å²) in [6.07, 6.45) is 3.62. The summed E-state index contributed by atoms with van der Waals surface area (Å²) in [5.74, 6) is -0.334. The van der Waals surface area contributed by atoms with Gasteiger partial charge in [0.15, 0.2) is 0 Å². The van der Waals surface area contributed by atoms with Crippen LogP contribution in [-0.4, -0.2) is 25.7 Å². The molecule has 0 aromatic heterocycles. The van der Waals surface area contributed by atoms with Crippen LogP contribution >= 0.6 is 0 Å². The van der Waals surface area contributed by atoms with Gasteiger partial charge in [0.2, 0.25) is 0 Å². The zero-order valence-corrected chi connectivity index (χ0v) is 7.71. The van der Waals surface area contributed by atoms with Crippen molar-refractivity contribution in [3.8, 4) is 0 Å². The summed E-state index contributed by atoms with van der Waals surface area (Å²) in [6, 6.07) is 0. The maximum atomic E-state index is 10.5. The van der Waals surface area contributed by atoms with E-state index in [1.807, 2.05) is 0 Å².